The third-order valence-electron chi connectivity index (χ3n) is 12.4. The molecule has 63 heavy (non-hydrogen) atoms. The molecule has 4 heterocycles. The molecule has 3 aromatic carbocycles. The number of aromatic nitrogens is 4. The zero-order valence-corrected chi connectivity index (χ0v) is 36.4. The van der Waals surface area contributed by atoms with Crippen molar-refractivity contribution in [2.24, 2.45) is 11.8 Å². The monoisotopic (exact) mass is 856 g/mol. The van der Waals surface area contributed by atoms with Gasteiger partial charge in [-0.05, 0) is 72.8 Å². The molecule has 4 N–H and O–H groups in total. The maximum Gasteiger partial charge on any atom is 0.408 e. The number of imidazole rings is 2. The molecule has 4 amide bonds. The van der Waals surface area contributed by atoms with Gasteiger partial charge in [0.15, 0.2) is 0 Å². The van der Waals surface area contributed by atoms with Crippen molar-refractivity contribution in [2.45, 2.75) is 89.2 Å². The van der Waals surface area contributed by atoms with Crippen molar-refractivity contribution >= 4 is 24.0 Å². The molecule has 15 heteroatoms. The number of hydrogen-bond donors (Lipinski definition) is 4. The summed E-state index contributed by atoms with van der Waals surface area (Å²) in [6.07, 6.45) is 6.20. The molecule has 0 spiro atoms. The smallest absolute Gasteiger partial charge is 0.408 e. The SMILES string of the molecule is COCC1CC(c2ncc(-c3ccc(-c4ccc(-c5cnc(C6CCC(C)N6C(=O)C(NC(=O)OC)C(C)C)[nH]5)cc4)cc3)[nH]2)N(C(=O)C(NC(=O)OC2CC2)c2ccccc2)C1. The van der Waals surface area contributed by atoms with Gasteiger partial charge in [-0.2, -0.15) is 0 Å². The van der Waals surface area contributed by atoms with Crippen molar-refractivity contribution in [3.63, 3.8) is 0 Å². The van der Waals surface area contributed by atoms with Crippen LogP contribution >= 0.6 is 0 Å². The van der Waals surface area contributed by atoms with Gasteiger partial charge in [0.25, 0.3) is 5.91 Å². The van der Waals surface area contributed by atoms with Crippen LogP contribution in [0, 0.1) is 11.8 Å². The van der Waals surface area contributed by atoms with Crippen molar-refractivity contribution in [3.05, 3.63) is 108 Å². The van der Waals surface area contributed by atoms with E-state index in [9.17, 15) is 19.2 Å². The highest BCUT2D eigenvalue weighted by atomic mass is 16.6. The summed E-state index contributed by atoms with van der Waals surface area (Å²) in [6.45, 7) is 6.79. The number of carbonyl (C=O) groups excluding carboxylic acids is 4. The van der Waals surface area contributed by atoms with Crippen LogP contribution in [-0.4, -0.2) is 99.3 Å². The lowest BCUT2D eigenvalue weighted by molar-refractivity contribution is -0.137. The van der Waals surface area contributed by atoms with Crippen LogP contribution in [0.3, 0.4) is 0 Å². The first-order valence-electron chi connectivity index (χ1n) is 21.8. The Bertz CT molecular complexity index is 2380. The maximum atomic E-state index is 14.4. The van der Waals surface area contributed by atoms with Gasteiger partial charge in [0.1, 0.15) is 29.8 Å². The second-order valence-corrected chi connectivity index (χ2v) is 17.2. The van der Waals surface area contributed by atoms with Crippen LogP contribution in [0.4, 0.5) is 9.59 Å². The number of nitrogens with zero attached hydrogens (tertiary/aromatic N) is 4. The van der Waals surface area contributed by atoms with E-state index in [1.54, 1.807) is 24.4 Å². The molecule has 3 fully saturated rings. The van der Waals surface area contributed by atoms with Crippen molar-refractivity contribution in [1.82, 2.24) is 40.4 Å². The van der Waals surface area contributed by atoms with Gasteiger partial charge in [-0.15, -0.1) is 0 Å². The maximum absolute atomic E-state index is 14.4. The average Bonchev–Trinajstić information content (AvgIpc) is 3.70. The van der Waals surface area contributed by atoms with E-state index in [1.807, 2.05) is 68.1 Å². The zero-order chi connectivity index (χ0) is 44.2. The molecule has 1 saturated carbocycles. The highest BCUT2D eigenvalue weighted by Crippen LogP contribution is 2.39. The van der Waals surface area contributed by atoms with E-state index in [4.69, 9.17) is 24.2 Å². The van der Waals surface area contributed by atoms with Crippen LogP contribution in [0.5, 0.6) is 0 Å². The number of nitrogens with one attached hydrogen (secondary N) is 4. The number of hydrogen-bond acceptors (Lipinski definition) is 9. The van der Waals surface area contributed by atoms with Crippen molar-refractivity contribution in [2.75, 3.05) is 27.4 Å². The van der Waals surface area contributed by atoms with Crippen LogP contribution in [0.2, 0.25) is 0 Å². The van der Waals surface area contributed by atoms with Crippen molar-refractivity contribution in [1.29, 1.82) is 0 Å². The lowest BCUT2D eigenvalue weighted by Gasteiger charge is -2.32. The quantitative estimate of drug-likeness (QED) is 0.0868. The van der Waals surface area contributed by atoms with E-state index in [0.717, 1.165) is 59.3 Å². The largest absolute Gasteiger partial charge is 0.453 e. The molecule has 2 aromatic heterocycles. The van der Waals surface area contributed by atoms with Crippen LogP contribution in [0.25, 0.3) is 33.6 Å². The molecular formula is C48H56N8O7. The topological polar surface area (TPSA) is 184 Å². The molecule has 5 aromatic rings. The Balaban J connectivity index is 0.947. The number of alkyl carbamates (subject to hydrolysis) is 2. The van der Waals surface area contributed by atoms with Gasteiger partial charge in [0, 0.05) is 25.6 Å². The van der Waals surface area contributed by atoms with Crippen LogP contribution in [-0.2, 0) is 23.8 Å². The van der Waals surface area contributed by atoms with Crippen LogP contribution in [0.15, 0.2) is 91.3 Å². The lowest BCUT2D eigenvalue weighted by atomic mass is 10.0. The highest BCUT2D eigenvalue weighted by molar-refractivity contribution is 5.88. The molecule has 2 saturated heterocycles. The first-order valence-corrected chi connectivity index (χ1v) is 21.8. The molecule has 6 atom stereocenters. The highest BCUT2D eigenvalue weighted by Gasteiger charge is 2.43. The lowest BCUT2D eigenvalue weighted by Crippen LogP contribution is -2.52. The van der Waals surface area contributed by atoms with E-state index in [0.29, 0.717) is 36.8 Å². The van der Waals surface area contributed by atoms with Gasteiger partial charge >= 0.3 is 12.2 Å². The minimum atomic E-state index is -0.917. The Morgan fingerprint density at radius 1 is 0.730 bits per heavy atom. The Labute approximate surface area is 367 Å². The number of amides is 4. The second kappa shape index (κ2) is 18.9. The van der Waals surface area contributed by atoms with Crippen molar-refractivity contribution in [3.8, 4) is 33.6 Å². The molecule has 330 valence electrons. The summed E-state index contributed by atoms with van der Waals surface area (Å²) < 4.78 is 15.8. The standard InChI is InChI=1S/C48H56N8O7/c1-28(2)41(53-47(59)62-5)46(58)56-29(3)11-22-39(56)43-49-24-37(51-43)33-16-12-31(13-17-33)32-14-18-34(19-15-32)38-25-50-44(52-38)40-23-30(27-61-4)26-55(40)45(57)42(35-9-7-6-8-10-35)54-48(60)63-36-20-21-36/h6-10,12-19,24-25,28-30,36,39-42H,11,20-23,26-27H2,1-5H3,(H,49,51)(H,50,52)(H,53,59)(H,54,60). The molecular weight excluding hydrogens is 801 g/mol. The predicted octanol–water partition coefficient (Wildman–Crippen LogP) is 7.73. The van der Waals surface area contributed by atoms with E-state index < -0.39 is 24.3 Å². The van der Waals surface area contributed by atoms with Gasteiger partial charge < -0.3 is 44.6 Å². The second-order valence-electron chi connectivity index (χ2n) is 17.2. The van der Waals surface area contributed by atoms with Crippen LogP contribution in [0.1, 0.15) is 88.2 Å². The molecule has 15 nitrogen and oxygen atoms in total. The van der Waals surface area contributed by atoms with Gasteiger partial charge in [-0.25, -0.2) is 19.6 Å². The number of benzene rings is 3. The normalized spacial score (nSPS) is 20.7. The number of aromatic amines is 2. The third-order valence-corrected chi connectivity index (χ3v) is 12.4. The van der Waals surface area contributed by atoms with Gasteiger partial charge in [-0.1, -0.05) is 92.7 Å². The van der Waals surface area contributed by atoms with Crippen molar-refractivity contribution < 1.29 is 33.4 Å². The fraction of sp³-hybridized carbons (Fsp3) is 0.417. The van der Waals surface area contributed by atoms with E-state index >= 15 is 0 Å². The number of carbonyl (C=O) groups is 4. The molecule has 8 rings (SSSR count). The van der Waals surface area contributed by atoms with Crippen LogP contribution < -0.4 is 10.6 Å². The zero-order valence-electron chi connectivity index (χ0n) is 36.4. The number of methoxy groups -OCH3 is 2. The van der Waals surface area contributed by atoms with Gasteiger partial charge in [0.05, 0.1) is 49.6 Å². The summed E-state index contributed by atoms with van der Waals surface area (Å²) in [5.41, 5.74) is 6.35. The molecule has 1 aliphatic carbocycles. The Morgan fingerprint density at radius 3 is 1.87 bits per heavy atom. The summed E-state index contributed by atoms with van der Waals surface area (Å²) in [4.78, 5) is 73.2. The summed E-state index contributed by atoms with van der Waals surface area (Å²) in [5.74, 6) is 0.972. The Morgan fingerprint density at radius 2 is 1.32 bits per heavy atom. The number of H-pyrrole nitrogens is 2. The summed E-state index contributed by atoms with van der Waals surface area (Å²) in [5, 5.41) is 5.57. The first kappa shape index (κ1) is 43.2. The molecule has 6 unspecified atom stereocenters. The summed E-state index contributed by atoms with van der Waals surface area (Å²) in [7, 11) is 2.95. The molecule has 2 aliphatic heterocycles. The minimum Gasteiger partial charge on any atom is -0.453 e. The fourth-order valence-corrected chi connectivity index (χ4v) is 8.84. The predicted molar refractivity (Wildman–Crippen MR) is 236 cm³/mol. The minimum absolute atomic E-state index is 0.00742. The Kier molecular flexibility index (Phi) is 12.9. The Hall–Kier alpha value is -6.48. The van der Waals surface area contributed by atoms with Gasteiger partial charge in [0.2, 0.25) is 5.91 Å². The number of rotatable bonds is 14. The van der Waals surface area contributed by atoms with Gasteiger partial charge in [-0.3, -0.25) is 9.59 Å². The summed E-state index contributed by atoms with van der Waals surface area (Å²) >= 11 is 0. The molecule has 0 radical (unpaired) electrons. The van der Waals surface area contributed by atoms with E-state index in [1.165, 1.54) is 7.11 Å². The number of ether oxygens (including phenoxy) is 3. The number of likely N-dealkylation sites (tertiary alicyclic amines) is 2. The summed E-state index contributed by atoms with van der Waals surface area (Å²) in [6, 6.07) is 23.5. The molecule has 3 aliphatic rings. The molecule has 0 bridgehead atoms. The van der Waals surface area contributed by atoms with E-state index in [2.05, 4.69) is 57.0 Å². The average molecular weight is 857 g/mol. The third kappa shape index (κ3) is 9.63. The first-order chi connectivity index (χ1) is 30.5. The van der Waals surface area contributed by atoms with E-state index in [-0.39, 0.29) is 47.9 Å². The fourth-order valence-electron chi connectivity index (χ4n) is 8.84.